The van der Waals surface area contributed by atoms with Crippen molar-refractivity contribution >= 4 is 11.6 Å². The number of phenols is 1. The molecule has 2 rings (SSSR count). The Kier molecular flexibility index (Phi) is 3.90. The average molecular weight is 247 g/mol. The van der Waals surface area contributed by atoms with E-state index in [1.807, 2.05) is 19.1 Å². The van der Waals surface area contributed by atoms with Gasteiger partial charge in [-0.15, -0.1) is 0 Å². The first-order chi connectivity index (χ1) is 8.65. The Morgan fingerprint density at radius 2 is 2.28 bits per heavy atom. The number of phenolic OH excluding ortho intramolecular Hbond substituents is 1. The molecule has 0 radical (unpaired) electrons. The van der Waals surface area contributed by atoms with Crippen molar-refractivity contribution in [3.05, 3.63) is 23.8 Å². The maximum atomic E-state index is 12.4. The van der Waals surface area contributed by atoms with Gasteiger partial charge >= 0.3 is 0 Å². The summed E-state index contributed by atoms with van der Waals surface area (Å²) in [6, 6.07) is 5.51. The number of aromatic hydroxyl groups is 1. The van der Waals surface area contributed by atoms with Gasteiger partial charge in [-0.3, -0.25) is 4.79 Å². The number of para-hydroxylation sites is 1. The summed E-state index contributed by atoms with van der Waals surface area (Å²) in [5.41, 5.74) is 1.81. The molecule has 1 aromatic rings. The van der Waals surface area contributed by atoms with E-state index in [-0.39, 0.29) is 17.6 Å². The van der Waals surface area contributed by atoms with Crippen LogP contribution in [0.2, 0.25) is 0 Å². The summed E-state index contributed by atoms with van der Waals surface area (Å²) in [5.74, 6) is 0.393. The fourth-order valence-corrected chi connectivity index (χ4v) is 2.67. The first-order valence-electron chi connectivity index (χ1n) is 6.77. The zero-order valence-electron chi connectivity index (χ0n) is 11.1. The smallest absolute Gasteiger partial charge is 0.229 e. The van der Waals surface area contributed by atoms with Gasteiger partial charge in [0.2, 0.25) is 5.91 Å². The number of carbonyl (C=O) groups is 1. The maximum absolute atomic E-state index is 12.4. The molecule has 0 saturated heterocycles. The fourth-order valence-electron chi connectivity index (χ4n) is 2.67. The Bertz CT molecular complexity index is 442. The molecule has 3 nitrogen and oxygen atoms in total. The standard InChI is InChI=1S/C15H21NO2/c1-3-6-11(2)15(18)16-10-5-8-12-7-4-9-13(17)14(12)16/h4,7,9,11,17H,3,5-6,8,10H2,1-2H3. The predicted molar refractivity (Wildman–Crippen MR) is 72.9 cm³/mol. The quantitative estimate of drug-likeness (QED) is 0.891. The van der Waals surface area contributed by atoms with Crippen LogP contribution in [-0.4, -0.2) is 17.6 Å². The number of fused-ring (bicyclic) bond motifs is 1. The Hall–Kier alpha value is -1.51. The molecule has 98 valence electrons. The van der Waals surface area contributed by atoms with Gasteiger partial charge in [0.15, 0.2) is 0 Å². The van der Waals surface area contributed by atoms with E-state index in [0.29, 0.717) is 0 Å². The van der Waals surface area contributed by atoms with Crippen LogP contribution in [-0.2, 0) is 11.2 Å². The van der Waals surface area contributed by atoms with Crippen molar-refractivity contribution in [1.29, 1.82) is 0 Å². The van der Waals surface area contributed by atoms with E-state index in [1.165, 1.54) is 0 Å². The van der Waals surface area contributed by atoms with Crippen LogP contribution < -0.4 is 4.90 Å². The minimum atomic E-state index is 0.0283. The molecule has 0 aromatic heterocycles. The summed E-state index contributed by atoms with van der Waals surface area (Å²) in [4.78, 5) is 14.2. The molecule has 1 heterocycles. The van der Waals surface area contributed by atoms with Crippen molar-refractivity contribution in [2.45, 2.75) is 39.5 Å². The van der Waals surface area contributed by atoms with Gasteiger partial charge in [0, 0.05) is 12.5 Å². The second-order valence-electron chi connectivity index (χ2n) is 5.07. The normalized spacial score (nSPS) is 16.2. The van der Waals surface area contributed by atoms with Crippen molar-refractivity contribution in [2.75, 3.05) is 11.4 Å². The molecule has 1 amide bonds. The third-order valence-electron chi connectivity index (χ3n) is 3.61. The molecule has 0 aliphatic carbocycles. The van der Waals surface area contributed by atoms with E-state index in [1.54, 1.807) is 11.0 Å². The van der Waals surface area contributed by atoms with Gasteiger partial charge in [-0.1, -0.05) is 32.4 Å². The molecular formula is C15H21NO2. The van der Waals surface area contributed by atoms with Gasteiger partial charge in [0.25, 0.3) is 0 Å². The van der Waals surface area contributed by atoms with Gasteiger partial charge in [0.1, 0.15) is 5.75 Å². The zero-order valence-corrected chi connectivity index (χ0v) is 11.1. The highest BCUT2D eigenvalue weighted by molar-refractivity contribution is 5.97. The summed E-state index contributed by atoms with van der Waals surface area (Å²) in [5, 5.41) is 9.99. The van der Waals surface area contributed by atoms with Gasteiger partial charge in [-0.05, 0) is 30.9 Å². The number of nitrogens with zero attached hydrogens (tertiary/aromatic N) is 1. The number of hydrogen-bond acceptors (Lipinski definition) is 2. The van der Waals surface area contributed by atoms with Crippen LogP contribution in [0.4, 0.5) is 5.69 Å². The number of hydrogen-bond donors (Lipinski definition) is 1. The topological polar surface area (TPSA) is 40.5 Å². The number of anilines is 1. The zero-order chi connectivity index (χ0) is 13.1. The number of aryl methyl sites for hydroxylation is 1. The Labute approximate surface area is 108 Å². The lowest BCUT2D eigenvalue weighted by Gasteiger charge is -2.32. The molecule has 18 heavy (non-hydrogen) atoms. The van der Waals surface area contributed by atoms with Crippen molar-refractivity contribution in [3.63, 3.8) is 0 Å². The maximum Gasteiger partial charge on any atom is 0.229 e. The third-order valence-corrected chi connectivity index (χ3v) is 3.61. The van der Waals surface area contributed by atoms with Gasteiger partial charge in [-0.25, -0.2) is 0 Å². The van der Waals surface area contributed by atoms with E-state index in [9.17, 15) is 9.90 Å². The highest BCUT2D eigenvalue weighted by atomic mass is 16.3. The van der Waals surface area contributed by atoms with E-state index < -0.39 is 0 Å². The molecule has 1 atom stereocenters. The van der Waals surface area contributed by atoms with Gasteiger partial charge < -0.3 is 10.0 Å². The number of rotatable bonds is 3. The molecular weight excluding hydrogens is 226 g/mol. The summed E-state index contributed by atoms with van der Waals surface area (Å²) in [6.07, 6.45) is 3.82. The van der Waals surface area contributed by atoms with Crippen LogP contribution >= 0.6 is 0 Å². The van der Waals surface area contributed by atoms with E-state index in [0.717, 1.165) is 43.5 Å². The lowest BCUT2D eigenvalue weighted by Crippen LogP contribution is -2.38. The second kappa shape index (κ2) is 5.42. The second-order valence-corrected chi connectivity index (χ2v) is 5.07. The summed E-state index contributed by atoms with van der Waals surface area (Å²) < 4.78 is 0. The molecule has 0 spiro atoms. The molecule has 1 aromatic carbocycles. The fraction of sp³-hybridized carbons (Fsp3) is 0.533. The predicted octanol–water partition coefficient (Wildman–Crippen LogP) is 3.11. The Morgan fingerprint density at radius 1 is 1.50 bits per heavy atom. The molecule has 1 N–H and O–H groups in total. The van der Waals surface area contributed by atoms with Crippen molar-refractivity contribution in [2.24, 2.45) is 5.92 Å². The Morgan fingerprint density at radius 3 is 3.00 bits per heavy atom. The van der Waals surface area contributed by atoms with E-state index in [2.05, 4.69) is 6.92 Å². The van der Waals surface area contributed by atoms with Crippen LogP contribution in [0.5, 0.6) is 5.75 Å². The molecule has 0 bridgehead atoms. The van der Waals surface area contributed by atoms with Crippen LogP contribution in [0.3, 0.4) is 0 Å². The minimum Gasteiger partial charge on any atom is -0.506 e. The van der Waals surface area contributed by atoms with Crippen LogP contribution in [0.15, 0.2) is 18.2 Å². The first kappa shape index (κ1) is 12.9. The minimum absolute atomic E-state index is 0.0283. The Balaban J connectivity index is 2.30. The molecule has 0 fully saturated rings. The first-order valence-corrected chi connectivity index (χ1v) is 6.77. The number of carbonyl (C=O) groups excluding carboxylic acids is 1. The highest BCUT2D eigenvalue weighted by Gasteiger charge is 2.27. The number of benzene rings is 1. The molecule has 1 aliphatic rings. The molecule has 0 saturated carbocycles. The van der Waals surface area contributed by atoms with Gasteiger partial charge in [0.05, 0.1) is 5.69 Å². The lowest BCUT2D eigenvalue weighted by atomic mass is 9.97. The van der Waals surface area contributed by atoms with Crippen molar-refractivity contribution < 1.29 is 9.90 Å². The van der Waals surface area contributed by atoms with E-state index in [4.69, 9.17) is 0 Å². The van der Waals surface area contributed by atoms with Crippen molar-refractivity contribution in [3.8, 4) is 5.75 Å². The largest absolute Gasteiger partial charge is 0.506 e. The lowest BCUT2D eigenvalue weighted by molar-refractivity contribution is -0.122. The van der Waals surface area contributed by atoms with Crippen LogP contribution in [0, 0.1) is 5.92 Å². The third kappa shape index (κ3) is 2.35. The van der Waals surface area contributed by atoms with Crippen LogP contribution in [0.25, 0.3) is 0 Å². The summed E-state index contributed by atoms with van der Waals surface area (Å²) >= 11 is 0. The molecule has 3 heteroatoms. The highest BCUT2D eigenvalue weighted by Crippen LogP contribution is 2.36. The SMILES string of the molecule is CCCC(C)C(=O)N1CCCc2cccc(O)c21. The van der Waals surface area contributed by atoms with Crippen LogP contribution in [0.1, 0.15) is 38.7 Å². The summed E-state index contributed by atoms with van der Waals surface area (Å²) in [7, 11) is 0. The van der Waals surface area contributed by atoms with E-state index >= 15 is 0 Å². The monoisotopic (exact) mass is 247 g/mol. The molecule has 1 aliphatic heterocycles. The molecule has 1 unspecified atom stereocenters. The average Bonchev–Trinajstić information content (AvgIpc) is 2.38. The summed E-state index contributed by atoms with van der Waals surface area (Å²) in [6.45, 7) is 4.78. The van der Waals surface area contributed by atoms with Gasteiger partial charge in [-0.2, -0.15) is 0 Å². The number of amides is 1. The van der Waals surface area contributed by atoms with Crippen molar-refractivity contribution in [1.82, 2.24) is 0 Å².